The van der Waals surface area contributed by atoms with Crippen LogP contribution >= 0.6 is 0 Å². The number of aryl methyl sites for hydroxylation is 1. The Morgan fingerprint density at radius 2 is 2.06 bits per heavy atom. The van der Waals surface area contributed by atoms with Gasteiger partial charge in [0.1, 0.15) is 11.6 Å². The first kappa shape index (κ1) is 10.5. The summed E-state index contributed by atoms with van der Waals surface area (Å²) < 4.78 is 18.7. The number of terminal acetylenes is 1. The highest BCUT2D eigenvalue weighted by molar-refractivity contribution is 5.92. The minimum absolute atomic E-state index is 0.317. The summed E-state index contributed by atoms with van der Waals surface area (Å²) in [6.45, 7) is 1.89. The molecule has 0 amide bonds. The van der Waals surface area contributed by atoms with Crippen molar-refractivity contribution in [3.8, 4) is 18.1 Å². The minimum atomic E-state index is -0.358. The first-order chi connectivity index (χ1) is 7.67. The summed E-state index contributed by atoms with van der Waals surface area (Å²) in [6, 6.07) is 6.79. The van der Waals surface area contributed by atoms with Gasteiger partial charge in [0.2, 0.25) is 0 Å². The minimum Gasteiger partial charge on any atom is -0.497 e. The van der Waals surface area contributed by atoms with E-state index in [0.29, 0.717) is 5.56 Å². The van der Waals surface area contributed by atoms with E-state index in [1.54, 1.807) is 13.2 Å². The van der Waals surface area contributed by atoms with E-state index in [0.717, 1.165) is 22.1 Å². The van der Waals surface area contributed by atoms with Crippen molar-refractivity contribution in [2.75, 3.05) is 7.11 Å². The van der Waals surface area contributed by atoms with E-state index in [9.17, 15) is 4.39 Å². The molecule has 80 valence electrons. The van der Waals surface area contributed by atoms with Crippen LogP contribution in [0.15, 0.2) is 24.3 Å². The summed E-state index contributed by atoms with van der Waals surface area (Å²) >= 11 is 0. The lowest BCUT2D eigenvalue weighted by atomic mass is 9.99. The second kappa shape index (κ2) is 3.86. The fourth-order valence-corrected chi connectivity index (χ4v) is 1.88. The van der Waals surface area contributed by atoms with Crippen molar-refractivity contribution in [1.82, 2.24) is 0 Å². The predicted octanol–water partition coefficient (Wildman–Crippen LogP) is 3.28. The van der Waals surface area contributed by atoms with Crippen molar-refractivity contribution in [3.63, 3.8) is 0 Å². The molecule has 0 spiro atoms. The van der Waals surface area contributed by atoms with Crippen LogP contribution in [0.5, 0.6) is 5.75 Å². The van der Waals surface area contributed by atoms with Gasteiger partial charge in [-0.25, -0.2) is 4.39 Å². The average molecular weight is 214 g/mol. The maximum atomic E-state index is 13.5. The molecule has 0 saturated heterocycles. The van der Waals surface area contributed by atoms with E-state index in [2.05, 4.69) is 5.92 Å². The van der Waals surface area contributed by atoms with E-state index in [1.807, 2.05) is 19.1 Å². The van der Waals surface area contributed by atoms with E-state index in [-0.39, 0.29) is 5.82 Å². The number of hydrogen-bond acceptors (Lipinski definition) is 1. The van der Waals surface area contributed by atoms with Crippen molar-refractivity contribution in [2.45, 2.75) is 6.92 Å². The van der Waals surface area contributed by atoms with Crippen LogP contribution in [0.25, 0.3) is 10.8 Å². The number of rotatable bonds is 1. The Labute approximate surface area is 93.9 Å². The first-order valence-corrected chi connectivity index (χ1v) is 4.91. The van der Waals surface area contributed by atoms with E-state index in [4.69, 9.17) is 11.2 Å². The SMILES string of the molecule is C#Cc1c(F)ccc2cc(OC)cc(C)c12. The maximum absolute atomic E-state index is 13.5. The number of halogens is 1. The van der Waals surface area contributed by atoms with Gasteiger partial charge >= 0.3 is 0 Å². The molecule has 2 aromatic rings. The van der Waals surface area contributed by atoms with Gasteiger partial charge in [0, 0.05) is 5.39 Å². The zero-order valence-corrected chi connectivity index (χ0v) is 9.17. The number of methoxy groups -OCH3 is 1. The number of ether oxygens (including phenoxy) is 1. The van der Waals surface area contributed by atoms with Crippen molar-refractivity contribution >= 4 is 10.8 Å². The van der Waals surface area contributed by atoms with Gasteiger partial charge in [0.25, 0.3) is 0 Å². The molecule has 0 radical (unpaired) electrons. The molecule has 0 aromatic heterocycles. The molecule has 0 aliphatic heterocycles. The molecule has 2 heteroatoms. The summed E-state index contributed by atoms with van der Waals surface area (Å²) in [5.41, 5.74) is 1.24. The summed E-state index contributed by atoms with van der Waals surface area (Å²) in [4.78, 5) is 0. The molecule has 0 heterocycles. The highest BCUT2D eigenvalue weighted by Gasteiger charge is 2.09. The summed E-state index contributed by atoms with van der Waals surface area (Å²) in [6.07, 6.45) is 5.33. The zero-order valence-electron chi connectivity index (χ0n) is 9.17. The fraction of sp³-hybridized carbons (Fsp3) is 0.143. The van der Waals surface area contributed by atoms with Crippen molar-refractivity contribution in [3.05, 3.63) is 41.2 Å². The zero-order chi connectivity index (χ0) is 11.7. The van der Waals surface area contributed by atoms with Gasteiger partial charge in [-0.3, -0.25) is 0 Å². The third-order valence-corrected chi connectivity index (χ3v) is 2.62. The molecule has 2 rings (SSSR count). The van der Waals surface area contributed by atoms with E-state index < -0.39 is 0 Å². The maximum Gasteiger partial charge on any atom is 0.139 e. The second-order valence-electron chi connectivity index (χ2n) is 3.61. The lowest BCUT2D eigenvalue weighted by Crippen LogP contribution is -1.91. The topological polar surface area (TPSA) is 9.23 Å². The smallest absolute Gasteiger partial charge is 0.139 e. The Morgan fingerprint density at radius 3 is 2.69 bits per heavy atom. The van der Waals surface area contributed by atoms with E-state index >= 15 is 0 Å². The lowest BCUT2D eigenvalue weighted by molar-refractivity contribution is 0.415. The highest BCUT2D eigenvalue weighted by atomic mass is 19.1. The van der Waals surface area contributed by atoms with E-state index in [1.165, 1.54) is 6.07 Å². The Bertz CT molecular complexity index is 594. The number of hydrogen-bond donors (Lipinski definition) is 0. The fourth-order valence-electron chi connectivity index (χ4n) is 1.88. The van der Waals surface area contributed by atoms with Gasteiger partial charge in [0.15, 0.2) is 0 Å². The molecular weight excluding hydrogens is 203 g/mol. The molecule has 0 saturated carbocycles. The van der Waals surface area contributed by atoms with Crippen LogP contribution in [-0.2, 0) is 0 Å². The largest absolute Gasteiger partial charge is 0.497 e. The lowest BCUT2D eigenvalue weighted by Gasteiger charge is -2.08. The molecule has 0 aliphatic carbocycles. The molecule has 0 bridgehead atoms. The number of benzene rings is 2. The van der Waals surface area contributed by atoms with Crippen LogP contribution in [0.4, 0.5) is 4.39 Å². The van der Waals surface area contributed by atoms with Crippen LogP contribution in [0.2, 0.25) is 0 Å². The molecule has 0 unspecified atom stereocenters. The highest BCUT2D eigenvalue weighted by Crippen LogP contribution is 2.28. The molecule has 0 fully saturated rings. The first-order valence-electron chi connectivity index (χ1n) is 4.91. The summed E-state index contributed by atoms with van der Waals surface area (Å²) in [5, 5.41) is 1.68. The molecule has 1 nitrogen and oxygen atoms in total. The Balaban J connectivity index is 2.90. The van der Waals surface area contributed by atoms with Crippen LogP contribution < -0.4 is 4.74 Å². The van der Waals surface area contributed by atoms with Crippen LogP contribution in [0, 0.1) is 25.1 Å². The third-order valence-electron chi connectivity index (χ3n) is 2.62. The molecule has 0 aliphatic rings. The van der Waals surface area contributed by atoms with Crippen LogP contribution in [0.3, 0.4) is 0 Å². The molecular formula is C14H11FO. The van der Waals surface area contributed by atoms with Gasteiger partial charge in [-0.2, -0.15) is 0 Å². The molecule has 16 heavy (non-hydrogen) atoms. The predicted molar refractivity (Wildman–Crippen MR) is 63.1 cm³/mol. The second-order valence-corrected chi connectivity index (χ2v) is 3.61. The number of fused-ring (bicyclic) bond motifs is 1. The standard InChI is InChI=1S/C14H11FO/c1-4-12-13(15)6-5-10-8-11(16-3)7-9(2)14(10)12/h1,5-8H,2-3H3. The van der Waals surface area contributed by atoms with Crippen molar-refractivity contribution < 1.29 is 9.13 Å². The van der Waals surface area contributed by atoms with Gasteiger partial charge < -0.3 is 4.74 Å². The normalized spacial score (nSPS) is 10.1. The molecule has 0 atom stereocenters. The van der Waals surface area contributed by atoms with Gasteiger partial charge in [-0.05, 0) is 36.1 Å². The molecule has 0 N–H and O–H groups in total. The Morgan fingerprint density at radius 1 is 1.31 bits per heavy atom. The summed E-state index contributed by atoms with van der Waals surface area (Å²) in [7, 11) is 1.60. The third kappa shape index (κ3) is 1.51. The van der Waals surface area contributed by atoms with Gasteiger partial charge in [-0.1, -0.05) is 12.0 Å². The summed E-state index contributed by atoms with van der Waals surface area (Å²) in [5.74, 6) is 2.79. The van der Waals surface area contributed by atoms with Gasteiger partial charge in [0.05, 0.1) is 12.7 Å². The monoisotopic (exact) mass is 214 g/mol. The Kier molecular flexibility index (Phi) is 2.54. The Hall–Kier alpha value is -2.01. The quantitative estimate of drug-likeness (QED) is 0.662. The van der Waals surface area contributed by atoms with Crippen molar-refractivity contribution in [2.24, 2.45) is 0 Å². The van der Waals surface area contributed by atoms with Crippen molar-refractivity contribution in [1.29, 1.82) is 0 Å². The average Bonchev–Trinajstić information content (AvgIpc) is 2.29. The van der Waals surface area contributed by atoms with Crippen LogP contribution in [-0.4, -0.2) is 7.11 Å². The molecule has 2 aromatic carbocycles. The van der Waals surface area contributed by atoms with Crippen LogP contribution in [0.1, 0.15) is 11.1 Å². The van der Waals surface area contributed by atoms with Gasteiger partial charge in [-0.15, -0.1) is 6.42 Å².